The summed E-state index contributed by atoms with van der Waals surface area (Å²) in [6, 6.07) is 0.832. The molecule has 0 unspecified atom stereocenters. The van der Waals surface area contributed by atoms with Gasteiger partial charge < -0.3 is 10.5 Å². The molecule has 0 saturated carbocycles. The molecule has 5 nitrogen and oxygen atoms in total. The van der Waals surface area contributed by atoms with E-state index in [1.54, 1.807) is 0 Å². The number of fused-ring (bicyclic) bond motifs is 1. The Morgan fingerprint density at radius 3 is 2.71 bits per heavy atom. The van der Waals surface area contributed by atoms with Crippen molar-refractivity contribution >= 4 is 41.3 Å². The Kier molecular flexibility index (Phi) is 4.43. The van der Waals surface area contributed by atoms with E-state index in [0.29, 0.717) is 13.0 Å². The Hall–Kier alpha value is -0.750. The van der Waals surface area contributed by atoms with Gasteiger partial charge in [-0.2, -0.15) is 0 Å². The Morgan fingerprint density at radius 2 is 2.12 bits per heavy atom. The minimum atomic E-state index is -0.563. The van der Waals surface area contributed by atoms with Crippen molar-refractivity contribution in [1.82, 2.24) is 0 Å². The van der Waals surface area contributed by atoms with E-state index in [-0.39, 0.29) is 39.5 Å². The molecule has 17 heavy (non-hydrogen) atoms. The number of benzene rings is 1. The van der Waals surface area contributed by atoms with Gasteiger partial charge >= 0.3 is 0 Å². The first kappa shape index (κ1) is 14.3. The second-order valence-electron chi connectivity index (χ2n) is 3.43. The lowest BCUT2D eigenvalue weighted by atomic mass is 9.99. The van der Waals surface area contributed by atoms with E-state index in [2.05, 4.69) is 0 Å². The molecule has 2 rings (SSSR count). The predicted molar refractivity (Wildman–Crippen MR) is 67.4 cm³/mol. The minimum absolute atomic E-state index is 0. The number of halogens is 3. The van der Waals surface area contributed by atoms with Crippen molar-refractivity contribution in [3.8, 4) is 5.75 Å². The fourth-order valence-corrected chi connectivity index (χ4v) is 2.32. The lowest BCUT2D eigenvalue weighted by molar-refractivity contribution is -0.385. The normalized spacial score (nSPS) is 17.7. The van der Waals surface area contributed by atoms with Gasteiger partial charge in [0.15, 0.2) is 0 Å². The van der Waals surface area contributed by atoms with Crippen molar-refractivity contribution in [2.24, 2.45) is 5.73 Å². The summed E-state index contributed by atoms with van der Waals surface area (Å²) in [5, 5.41) is 11.1. The molecule has 0 bridgehead atoms. The Bertz CT molecular complexity index is 467. The first-order valence-electron chi connectivity index (χ1n) is 4.57. The second kappa shape index (κ2) is 5.27. The lowest BCUT2D eigenvalue weighted by Crippen LogP contribution is -2.22. The maximum absolute atomic E-state index is 10.9. The molecule has 0 saturated heterocycles. The number of nitro groups is 1. The summed E-state index contributed by atoms with van der Waals surface area (Å²) in [5.74, 6) is 0.275. The van der Waals surface area contributed by atoms with Gasteiger partial charge in [-0.25, -0.2) is 0 Å². The second-order valence-corrected chi connectivity index (χ2v) is 4.25. The van der Waals surface area contributed by atoms with Crippen molar-refractivity contribution in [3.63, 3.8) is 0 Å². The van der Waals surface area contributed by atoms with E-state index >= 15 is 0 Å². The molecule has 94 valence electrons. The molecule has 0 amide bonds. The van der Waals surface area contributed by atoms with Crippen LogP contribution in [0.2, 0.25) is 10.0 Å². The molecular formula is C9H9Cl3N2O3. The Morgan fingerprint density at radius 1 is 1.47 bits per heavy atom. The average molecular weight is 300 g/mol. The Balaban J connectivity index is 0.00000144. The summed E-state index contributed by atoms with van der Waals surface area (Å²) in [6.07, 6.45) is 0.504. The summed E-state index contributed by atoms with van der Waals surface area (Å²) in [4.78, 5) is 10.4. The fraction of sp³-hybridized carbons (Fsp3) is 0.333. The van der Waals surface area contributed by atoms with Crippen molar-refractivity contribution in [2.75, 3.05) is 6.61 Å². The number of hydrogen-bond acceptors (Lipinski definition) is 4. The molecule has 1 aromatic carbocycles. The third-order valence-corrected chi connectivity index (χ3v) is 2.99. The molecule has 1 heterocycles. The topological polar surface area (TPSA) is 78.4 Å². The number of hydrogen-bond donors (Lipinski definition) is 1. The van der Waals surface area contributed by atoms with Crippen LogP contribution in [0.15, 0.2) is 6.07 Å². The van der Waals surface area contributed by atoms with Gasteiger partial charge in [-0.1, -0.05) is 23.2 Å². The van der Waals surface area contributed by atoms with E-state index < -0.39 is 11.0 Å². The van der Waals surface area contributed by atoms with Crippen molar-refractivity contribution in [1.29, 1.82) is 0 Å². The summed E-state index contributed by atoms with van der Waals surface area (Å²) in [7, 11) is 0. The van der Waals surface area contributed by atoms with Crippen molar-refractivity contribution in [3.05, 3.63) is 31.8 Å². The van der Waals surface area contributed by atoms with E-state index in [1.165, 1.54) is 6.07 Å². The SMILES string of the molecule is Cl.N[C@@H]1CCOc2c(Cl)cc(Cl)c([N+](=O)[O-])c21. The maximum Gasteiger partial charge on any atom is 0.296 e. The number of nitro benzene ring substituents is 1. The van der Waals surface area contributed by atoms with Crippen LogP contribution in [0, 0.1) is 10.1 Å². The fourth-order valence-electron chi connectivity index (χ4n) is 1.72. The van der Waals surface area contributed by atoms with Crippen LogP contribution in [0.4, 0.5) is 5.69 Å². The van der Waals surface area contributed by atoms with Crippen LogP contribution in [-0.2, 0) is 0 Å². The molecule has 1 aliphatic rings. The first-order chi connectivity index (χ1) is 7.52. The summed E-state index contributed by atoms with van der Waals surface area (Å²) in [5.41, 5.74) is 5.89. The quantitative estimate of drug-likeness (QED) is 0.638. The summed E-state index contributed by atoms with van der Waals surface area (Å²) in [6.45, 7) is 0.396. The van der Waals surface area contributed by atoms with E-state index in [4.69, 9.17) is 33.7 Å². The molecule has 2 N–H and O–H groups in total. The maximum atomic E-state index is 10.9. The number of rotatable bonds is 1. The predicted octanol–water partition coefficient (Wildman–Crippen LogP) is 3.11. The van der Waals surface area contributed by atoms with E-state index in [1.807, 2.05) is 0 Å². The van der Waals surface area contributed by atoms with Gasteiger partial charge in [0.25, 0.3) is 5.69 Å². The summed E-state index contributed by atoms with van der Waals surface area (Å²) >= 11 is 11.7. The number of nitrogens with two attached hydrogens (primary N) is 1. The molecule has 0 aliphatic carbocycles. The molecule has 1 aromatic rings. The van der Waals surface area contributed by atoms with Crippen molar-refractivity contribution < 1.29 is 9.66 Å². The first-order valence-corrected chi connectivity index (χ1v) is 5.32. The van der Waals surface area contributed by atoms with Gasteiger partial charge in [0.1, 0.15) is 10.8 Å². The van der Waals surface area contributed by atoms with Crippen LogP contribution in [-0.4, -0.2) is 11.5 Å². The van der Waals surface area contributed by atoms with Gasteiger partial charge in [0.05, 0.1) is 22.1 Å². The molecule has 0 aromatic heterocycles. The molecule has 8 heteroatoms. The molecule has 0 fully saturated rings. The lowest BCUT2D eigenvalue weighted by Gasteiger charge is -2.23. The largest absolute Gasteiger partial charge is 0.491 e. The van der Waals surface area contributed by atoms with Gasteiger partial charge in [-0.15, -0.1) is 12.4 Å². The Labute approximate surface area is 113 Å². The molecular weight excluding hydrogens is 290 g/mol. The highest BCUT2D eigenvalue weighted by atomic mass is 35.5. The summed E-state index contributed by atoms with van der Waals surface area (Å²) < 4.78 is 5.30. The third kappa shape index (κ3) is 2.42. The van der Waals surface area contributed by atoms with Crippen LogP contribution < -0.4 is 10.5 Å². The highest BCUT2D eigenvalue weighted by molar-refractivity contribution is 6.37. The zero-order valence-corrected chi connectivity index (χ0v) is 10.8. The third-order valence-electron chi connectivity index (χ3n) is 2.42. The number of ether oxygens (including phenoxy) is 1. The van der Waals surface area contributed by atoms with Gasteiger partial charge in [-0.3, -0.25) is 10.1 Å². The van der Waals surface area contributed by atoms with E-state index in [9.17, 15) is 10.1 Å². The number of nitrogens with zero attached hydrogens (tertiary/aromatic N) is 1. The van der Waals surface area contributed by atoms with Gasteiger partial charge in [-0.05, 0) is 6.07 Å². The van der Waals surface area contributed by atoms with Crippen LogP contribution in [0.5, 0.6) is 5.75 Å². The van der Waals surface area contributed by atoms with E-state index in [0.717, 1.165) is 0 Å². The van der Waals surface area contributed by atoms with Crippen LogP contribution in [0.3, 0.4) is 0 Å². The van der Waals surface area contributed by atoms with Crippen LogP contribution >= 0.6 is 35.6 Å². The highest BCUT2D eigenvalue weighted by Gasteiger charge is 2.32. The highest BCUT2D eigenvalue weighted by Crippen LogP contribution is 2.46. The van der Waals surface area contributed by atoms with Crippen LogP contribution in [0.25, 0.3) is 0 Å². The monoisotopic (exact) mass is 298 g/mol. The minimum Gasteiger partial charge on any atom is -0.491 e. The smallest absolute Gasteiger partial charge is 0.296 e. The molecule has 1 aliphatic heterocycles. The van der Waals surface area contributed by atoms with Gasteiger partial charge in [0, 0.05) is 12.5 Å². The zero-order chi connectivity index (χ0) is 11.9. The molecule has 1 atom stereocenters. The average Bonchev–Trinajstić information content (AvgIpc) is 2.19. The van der Waals surface area contributed by atoms with Crippen LogP contribution in [0.1, 0.15) is 18.0 Å². The molecule has 0 radical (unpaired) electrons. The van der Waals surface area contributed by atoms with Gasteiger partial charge in [0.2, 0.25) is 0 Å². The molecule has 0 spiro atoms. The standard InChI is InChI=1S/C9H8Cl2N2O3.ClH/c10-4-3-5(11)9-7(8(4)13(14)15)6(12)1-2-16-9;/h3,6H,1-2,12H2;1H/t6-;/m1./s1. The zero-order valence-electron chi connectivity index (χ0n) is 8.48. The van der Waals surface area contributed by atoms with Crippen molar-refractivity contribution in [2.45, 2.75) is 12.5 Å².